The van der Waals surface area contributed by atoms with Gasteiger partial charge in [-0.3, -0.25) is 4.79 Å². The Balaban J connectivity index is 2.62. The summed E-state index contributed by atoms with van der Waals surface area (Å²) in [6, 6.07) is 0. The summed E-state index contributed by atoms with van der Waals surface area (Å²) in [5, 5.41) is 14.2. The Kier molecular flexibility index (Phi) is 5.35. The highest BCUT2D eigenvalue weighted by atomic mass is 16.4. The van der Waals surface area contributed by atoms with Crippen molar-refractivity contribution >= 4 is 11.7 Å². The fourth-order valence-electron chi connectivity index (χ4n) is 1.67. The number of hydrogen-bond acceptors (Lipinski definition) is 5. The van der Waals surface area contributed by atoms with Crippen molar-refractivity contribution in [3.8, 4) is 0 Å². The highest BCUT2D eigenvalue weighted by Crippen LogP contribution is 2.10. The Hall–Kier alpha value is -2.05. The van der Waals surface area contributed by atoms with E-state index >= 15 is 0 Å². The molecule has 0 radical (unpaired) electrons. The van der Waals surface area contributed by atoms with Gasteiger partial charge in [-0.05, 0) is 20.3 Å². The number of aryl methyl sites for hydroxylation is 2. The average Bonchev–Trinajstić information content (AvgIpc) is 2.71. The number of amides is 1. The minimum absolute atomic E-state index is 0.0842. The lowest BCUT2D eigenvalue weighted by Crippen LogP contribution is -2.38. The molecule has 0 aromatic carbocycles. The number of oxime groups is 1. The minimum atomic E-state index is -0.632. The normalized spacial score (nSPS) is 13.3. The molecular weight excluding hydrogens is 248 g/mol. The van der Waals surface area contributed by atoms with E-state index in [1.54, 1.807) is 0 Å². The number of carbonyl (C=O) groups is 1. The zero-order valence-corrected chi connectivity index (χ0v) is 11.4. The van der Waals surface area contributed by atoms with E-state index in [4.69, 9.17) is 15.4 Å². The molecule has 4 N–H and O–H groups in total. The molecule has 1 rings (SSSR count). The predicted octanol–water partition coefficient (Wildman–Crippen LogP) is 1.07. The van der Waals surface area contributed by atoms with Gasteiger partial charge in [-0.15, -0.1) is 0 Å². The number of nitrogens with one attached hydrogen (secondary N) is 1. The summed E-state index contributed by atoms with van der Waals surface area (Å²) < 4.78 is 5.35. The van der Waals surface area contributed by atoms with E-state index < -0.39 is 5.92 Å². The molecule has 1 heterocycles. The maximum Gasteiger partial charge on any atom is 0.231 e. The van der Waals surface area contributed by atoms with E-state index in [-0.39, 0.29) is 18.3 Å². The smallest absolute Gasteiger partial charge is 0.231 e. The summed E-state index contributed by atoms with van der Waals surface area (Å²) in [6.45, 7) is 5.75. The van der Waals surface area contributed by atoms with Crippen molar-refractivity contribution in [1.29, 1.82) is 0 Å². The Morgan fingerprint density at radius 3 is 2.74 bits per heavy atom. The van der Waals surface area contributed by atoms with Crippen molar-refractivity contribution in [3.63, 3.8) is 0 Å². The van der Waals surface area contributed by atoms with Crippen molar-refractivity contribution in [3.05, 3.63) is 17.3 Å². The van der Waals surface area contributed by atoms with Crippen molar-refractivity contribution in [1.82, 2.24) is 10.3 Å². The van der Waals surface area contributed by atoms with E-state index in [2.05, 4.69) is 15.5 Å². The SMILES string of the molecule is CCCC(C(=O)NCc1nc(C)c(C)o1)C(N)=NO. The highest BCUT2D eigenvalue weighted by molar-refractivity contribution is 6.01. The summed E-state index contributed by atoms with van der Waals surface area (Å²) in [4.78, 5) is 16.1. The van der Waals surface area contributed by atoms with E-state index in [1.165, 1.54) is 0 Å². The molecule has 0 aliphatic rings. The van der Waals surface area contributed by atoms with Gasteiger partial charge in [0.25, 0.3) is 0 Å². The second-order valence-electron chi connectivity index (χ2n) is 4.33. The third kappa shape index (κ3) is 3.97. The third-order valence-electron chi connectivity index (χ3n) is 2.85. The van der Waals surface area contributed by atoms with E-state index in [1.807, 2.05) is 20.8 Å². The zero-order valence-electron chi connectivity index (χ0n) is 11.4. The lowest BCUT2D eigenvalue weighted by molar-refractivity contribution is -0.123. The lowest BCUT2D eigenvalue weighted by Gasteiger charge is -2.13. The van der Waals surface area contributed by atoms with Gasteiger partial charge in [-0.2, -0.15) is 0 Å². The number of rotatable bonds is 6. The number of carbonyl (C=O) groups excluding carboxylic acids is 1. The largest absolute Gasteiger partial charge is 0.444 e. The molecule has 1 atom stereocenters. The molecule has 7 heteroatoms. The minimum Gasteiger partial charge on any atom is -0.444 e. The van der Waals surface area contributed by atoms with Crippen molar-refractivity contribution in [2.24, 2.45) is 16.8 Å². The first-order chi connectivity index (χ1) is 8.99. The fourth-order valence-corrected chi connectivity index (χ4v) is 1.67. The molecule has 0 saturated carbocycles. The molecule has 0 bridgehead atoms. The summed E-state index contributed by atoms with van der Waals surface area (Å²) in [5.41, 5.74) is 6.30. The molecule has 1 aromatic rings. The van der Waals surface area contributed by atoms with Crippen LogP contribution in [-0.4, -0.2) is 21.9 Å². The second-order valence-corrected chi connectivity index (χ2v) is 4.33. The van der Waals surface area contributed by atoms with Crippen LogP contribution in [0.15, 0.2) is 9.57 Å². The van der Waals surface area contributed by atoms with Gasteiger partial charge in [-0.1, -0.05) is 18.5 Å². The van der Waals surface area contributed by atoms with Crippen LogP contribution in [0.25, 0.3) is 0 Å². The predicted molar refractivity (Wildman–Crippen MR) is 69.6 cm³/mol. The van der Waals surface area contributed by atoms with Crippen LogP contribution in [0.1, 0.15) is 37.1 Å². The Bertz CT molecular complexity index is 448. The van der Waals surface area contributed by atoms with Gasteiger partial charge in [0.15, 0.2) is 5.84 Å². The van der Waals surface area contributed by atoms with Gasteiger partial charge >= 0.3 is 0 Å². The first kappa shape index (κ1) is 15.0. The quantitative estimate of drug-likeness (QED) is 0.309. The van der Waals surface area contributed by atoms with E-state index in [9.17, 15) is 4.79 Å². The van der Waals surface area contributed by atoms with Crippen LogP contribution < -0.4 is 11.1 Å². The van der Waals surface area contributed by atoms with Gasteiger partial charge in [-0.25, -0.2) is 4.98 Å². The number of hydrogen-bond donors (Lipinski definition) is 3. The van der Waals surface area contributed by atoms with Crippen molar-refractivity contribution in [2.75, 3.05) is 0 Å². The van der Waals surface area contributed by atoms with Crippen molar-refractivity contribution in [2.45, 2.75) is 40.2 Å². The van der Waals surface area contributed by atoms with Gasteiger partial charge in [0.05, 0.1) is 18.2 Å². The summed E-state index contributed by atoms with van der Waals surface area (Å²) >= 11 is 0. The standard InChI is InChI=1S/C12H20N4O3/c1-4-5-9(11(13)16-18)12(17)14-6-10-15-7(2)8(3)19-10/h9,18H,4-6H2,1-3H3,(H2,13,16)(H,14,17). The number of aromatic nitrogens is 1. The lowest BCUT2D eigenvalue weighted by atomic mass is 10.0. The molecule has 106 valence electrons. The molecule has 0 saturated heterocycles. The molecule has 0 fully saturated rings. The van der Waals surface area contributed by atoms with Crippen LogP contribution >= 0.6 is 0 Å². The fraction of sp³-hybridized carbons (Fsp3) is 0.583. The number of amidine groups is 1. The number of nitrogens with zero attached hydrogens (tertiary/aromatic N) is 2. The van der Waals surface area contributed by atoms with Gasteiger partial charge in [0.1, 0.15) is 5.76 Å². The highest BCUT2D eigenvalue weighted by Gasteiger charge is 2.22. The summed E-state index contributed by atoms with van der Waals surface area (Å²) in [7, 11) is 0. The Morgan fingerprint density at radius 1 is 1.58 bits per heavy atom. The maximum atomic E-state index is 11.9. The van der Waals surface area contributed by atoms with Gasteiger partial charge in [0, 0.05) is 0 Å². The second kappa shape index (κ2) is 6.77. The van der Waals surface area contributed by atoms with Crippen LogP contribution in [0.4, 0.5) is 0 Å². The van der Waals surface area contributed by atoms with Crippen LogP contribution in [-0.2, 0) is 11.3 Å². The van der Waals surface area contributed by atoms with Crippen LogP contribution in [0.3, 0.4) is 0 Å². The molecular formula is C12H20N4O3. The molecule has 19 heavy (non-hydrogen) atoms. The summed E-state index contributed by atoms with van der Waals surface area (Å²) in [6.07, 6.45) is 1.27. The van der Waals surface area contributed by atoms with E-state index in [0.717, 1.165) is 17.9 Å². The van der Waals surface area contributed by atoms with Crippen LogP contribution in [0.5, 0.6) is 0 Å². The molecule has 0 spiro atoms. The van der Waals surface area contributed by atoms with E-state index in [0.29, 0.717) is 12.3 Å². The topological polar surface area (TPSA) is 114 Å². The first-order valence-electron chi connectivity index (χ1n) is 6.17. The Morgan fingerprint density at radius 2 is 2.26 bits per heavy atom. The number of nitrogens with two attached hydrogens (primary N) is 1. The molecule has 1 amide bonds. The molecule has 0 aliphatic heterocycles. The monoisotopic (exact) mass is 268 g/mol. The first-order valence-corrected chi connectivity index (χ1v) is 6.17. The van der Waals surface area contributed by atoms with Crippen molar-refractivity contribution < 1.29 is 14.4 Å². The summed E-state index contributed by atoms with van der Waals surface area (Å²) in [5.74, 6) is 0.154. The molecule has 1 aromatic heterocycles. The third-order valence-corrected chi connectivity index (χ3v) is 2.85. The van der Waals surface area contributed by atoms with Crippen LogP contribution in [0.2, 0.25) is 0 Å². The van der Waals surface area contributed by atoms with Gasteiger partial charge < -0.3 is 20.7 Å². The number of oxazole rings is 1. The van der Waals surface area contributed by atoms with Crippen LogP contribution in [0, 0.1) is 19.8 Å². The average molecular weight is 268 g/mol. The van der Waals surface area contributed by atoms with Gasteiger partial charge in [0.2, 0.25) is 11.8 Å². The molecule has 7 nitrogen and oxygen atoms in total. The zero-order chi connectivity index (χ0) is 14.4. The maximum absolute atomic E-state index is 11.9. The Labute approximate surface area is 111 Å². The molecule has 1 unspecified atom stereocenters. The molecule has 0 aliphatic carbocycles.